The Kier molecular flexibility index (Phi) is 6.33. The summed E-state index contributed by atoms with van der Waals surface area (Å²) in [5.41, 5.74) is 0.463. The van der Waals surface area contributed by atoms with Gasteiger partial charge in [0.1, 0.15) is 5.82 Å². The Morgan fingerprint density at radius 3 is 2.57 bits per heavy atom. The molecule has 148 valence electrons. The minimum absolute atomic E-state index is 0.00431. The van der Waals surface area contributed by atoms with Gasteiger partial charge in [-0.2, -0.15) is 4.98 Å². The number of hydrogen-bond acceptors (Lipinski definition) is 6. The summed E-state index contributed by atoms with van der Waals surface area (Å²) >= 11 is 6.19. The molecule has 3 aromatic rings. The summed E-state index contributed by atoms with van der Waals surface area (Å²) in [6.45, 7) is 0.912. The van der Waals surface area contributed by atoms with Gasteiger partial charge in [-0.3, -0.25) is 0 Å². The van der Waals surface area contributed by atoms with Crippen LogP contribution in [0.2, 0.25) is 5.02 Å². The molecule has 0 bridgehead atoms. The second-order valence-corrected chi connectivity index (χ2v) is 8.14. The standard InChI is InChI=1S/C19H18ClFN2O4S/c1-26-12-4-11-22-18-19(28(24,25)14-9-7-13(21)8-10-14)23-17(27-18)15-5-2-3-6-16(15)20/h2-3,5-10,22H,4,11-12H2,1H3. The average molecular weight is 425 g/mol. The van der Waals surface area contributed by atoms with Crippen LogP contribution in [-0.2, 0) is 14.6 Å². The van der Waals surface area contributed by atoms with Crippen molar-refractivity contribution in [3.05, 3.63) is 59.4 Å². The lowest BCUT2D eigenvalue weighted by Crippen LogP contribution is -2.09. The van der Waals surface area contributed by atoms with Gasteiger partial charge in [-0.15, -0.1) is 0 Å². The van der Waals surface area contributed by atoms with Gasteiger partial charge in [-0.1, -0.05) is 23.7 Å². The Bertz CT molecular complexity index is 1050. The van der Waals surface area contributed by atoms with Crippen molar-refractivity contribution in [2.75, 3.05) is 25.6 Å². The van der Waals surface area contributed by atoms with Gasteiger partial charge >= 0.3 is 0 Å². The summed E-state index contributed by atoms with van der Waals surface area (Å²) in [5, 5.41) is 3.03. The fraction of sp³-hybridized carbons (Fsp3) is 0.211. The highest BCUT2D eigenvalue weighted by Crippen LogP contribution is 2.34. The molecule has 3 rings (SSSR count). The molecule has 0 amide bonds. The number of ether oxygens (including phenoxy) is 1. The molecule has 1 N–H and O–H groups in total. The molecule has 2 aromatic carbocycles. The van der Waals surface area contributed by atoms with Crippen molar-refractivity contribution in [1.29, 1.82) is 0 Å². The minimum atomic E-state index is -4.04. The molecule has 0 unspecified atom stereocenters. The first-order valence-electron chi connectivity index (χ1n) is 8.42. The molecular formula is C19H18ClFN2O4S. The van der Waals surface area contributed by atoms with Gasteiger partial charge in [-0.25, -0.2) is 12.8 Å². The van der Waals surface area contributed by atoms with Crippen molar-refractivity contribution in [1.82, 2.24) is 4.98 Å². The lowest BCUT2D eigenvalue weighted by atomic mass is 10.2. The molecule has 0 saturated heterocycles. The zero-order chi connectivity index (χ0) is 20.1. The lowest BCUT2D eigenvalue weighted by molar-refractivity contribution is 0.197. The first kappa shape index (κ1) is 20.3. The van der Waals surface area contributed by atoms with Crippen molar-refractivity contribution in [3.63, 3.8) is 0 Å². The third-order valence-corrected chi connectivity index (χ3v) is 5.90. The monoisotopic (exact) mass is 424 g/mol. The number of sulfone groups is 1. The molecule has 0 fully saturated rings. The fourth-order valence-corrected chi connectivity index (χ4v) is 3.99. The van der Waals surface area contributed by atoms with Crippen LogP contribution in [0.15, 0.2) is 62.9 Å². The number of hydrogen-bond donors (Lipinski definition) is 1. The number of nitrogens with one attached hydrogen (secondary N) is 1. The quantitative estimate of drug-likeness (QED) is 0.426. The van der Waals surface area contributed by atoms with Crippen LogP contribution in [0.25, 0.3) is 11.5 Å². The summed E-state index contributed by atoms with van der Waals surface area (Å²) in [7, 11) is -2.46. The predicted molar refractivity (Wildman–Crippen MR) is 104 cm³/mol. The minimum Gasteiger partial charge on any atom is -0.419 e. The van der Waals surface area contributed by atoms with Crippen molar-refractivity contribution in [3.8, 4) is 11.5 Å². The molecule has 6 nitrogen and oxygen atoms in total. The smallest absolute Gasteiger partial charge is 0.233 e. The number of oxazole rings is 1. The molecule has 0 saturated carbocycles. The second kappa shape index (κ2) is 8.72. The number of halogens is 2. The average Bonchev–Trinajstić information content (AvgIpc) is 3.11. The molecule has 0 aliphatic carbocycles. The highest BCUT2D eigenvalue weighted by atomic mass is 35.5. The molecule has 0 aliphatic rings. The largest absolute Gasteiger partial charge is 0.419 e. The van der Waals surface area contributed by atoms with E-state index in [2.05, 4.69) is 10.3 Å². The van der Waals surface area contributed by atoms with E-state index in [-0.39, 0.29) is 21.7 Å². The molecule has 0 spiro atoms. The van der Waals surface area contributed by atoms with Crippen molar-refractivity contribution in [2.24, 2.45) is 0 Å². The molecular weight excluding hydrogens is 407 g/mol. The van der Waals surface area contributed by atoms with E-state index in [1.807, 2.05) is 0 Å². The van der Waals surface area contributed by atoms with Gasteiger partial charge in [0, 0.05) is 20.3 Å². The molecule has 28 heavy (non-hydrogen) atoms. The Hall–Kier alpha value is -2.42. The normalized spacial score (nSPS) is 11.5. The van der Waals surface area contributed by atoms with Crippen LogP contribution in [-0.4, -0.2) is 33.7 Å². The number of methoxy groups -OCH3 is 1. The Labute approximate surface area is 167 Å². The van der Waals surface area contributed by atoms with Gasteiger partial charge in [-0.05, 0) is 42.8 Å². The van der Waals surface area contributed by atoms with Gasteiger partial charge in [0.2, 0.25) is 26.6 Å². The number of nitrogens with zero attached hydrogens (tertiary/aromatic N) is 1. The van der Waals surface area contributed by atoms with Crippen LogP contribution in [0.5, 0.6) is 0 Å². The Balaban J connectivity index is 2.04. The third kappa shape index (κ3) is 4.35. The van der Waals surface area contributed by atoms with E-state index >= 15 is 0 Å². The predicted octanol–water partition coefficient (Wildman–Crippen LogP) is 4.42. The summed E-state index contributed by atoms with van der Waals surface area (Å²) in [6.07, 6.45) is 0.634. The zero-order valence-corrected chi connectivity index (χ0v) is 16.6. The summed E-state index contributed by atoms with van der Waals surface area (Å²) in [6, 6.07) is 11.3. The molecule has 1 heterocycles. The first-order chi connectivity index (χ1) is 13.4. The van der Waals surface area contributed by atoms with E-state index in [4.69, 9.17) is 20.8 Å². The van der Waals surface area contributed by atoms with Crippen molar-refractivity contribution >= 4 is 27.3 Å². The van der Waals surface area contributed by atoms with E-state index in [1.54, 1.807) is 31.4 Å². The molecule has 1 aromatic heterocycles. The lowest BCUT2D eigenvalue weighted by Gasteiger charge is -2.06. The number of rotatable bonds is 8. The van der Waals surface area contributed by atoms with Crippen molar-refractivity contribution < 1.29 is 22.0 Å². The molecule has 0 radical (unpaired) electrons. The number of aromatic nitrogens is 1. The Morgan fingerprint density at radius 2 is 1.89 bits per heavy atom. The topological polar surface area (TPSA) is 81.4 Å². The summed E-state index contributed by atoms with van der Waals surface area (Å²) < 4.78 is 50.0. The van der Waals surface area contributed by atoms with E-state index in [1.165, 1.54) is 12.1 Å². The zero-order valence-electron chi connectivity index (χ0n) is 15.0. The number of anilines is 1. The number of benzene rings is 2. The highest BCUT2D eigenvalue weighted by Gasteiger charge is 2.29. The van der Waals surface area contributed by atoms with Gasteiger partial charge in [0.15, 0.2) is 0 Å². The van der Waals surface area contributed by atoms with E-state index in [9.17, 15) is 12.8 Å². The molecule has 9 heteroatoms. The van der Waals surface area contributed by atoms with Gasteiger partial charge in [0.05, 0.1) is 15.5 Å². The van der Waals surface area contributed by atoms with Crippen molar-refractivity contribution in [2.45, 2.75) is 16.3 Å². The van der Waals surface area contributed by atoms with Crippen LogP contribution >= 0.6 is 11.6 Å². The maximum absolute atomic E-state index is 13.2. The van der Waals surface area contributed by atoms with Crippen LogP contribution in [0, 0.1) is 5.82 Å². The van der Waals surface area contributed by atoms with Crippen LogP contribution in [0.4, 0.5) is 10.3 Å². The van der Waals surface area contributed by atoms with Gasteiger partial charge < -0.3 is 14.5 Å². The molecule has 0 aliphatic heterocycles. The maximum Gasteiger partial charge on any atom is 0.233 e. The Morgan fingerprint density at radius 1 is 1.18 bits per heavy atom. The molecule has 0 atom stereocenters. The highest BCUT2D eigenvalue weighted by molar-refractivity contribution is 7.91. The summed E-state index contributed by atoms with van der Waals surface area (Å²) in [5.74, 6) is -0.468. The fourth-order valence-electron chi connectivity index (χ4n) is 2.49. The summed E-state index contributed by atoms with van der Waals surface area (Å²) in [4.78, 5) is 4.09. The van der Waals surface area contributed by atoms with Gasteiger partial charge in [0.25, 0.3) is 0 Å². The van der Waals surface area contributed by atoms with Crippen LogP contribution in [0.1, 0.15) is 6.42 Å². The van der Waals surface area contributed by atoms with E-state index in [0.717, 1.165) is 12.1 Å². The first-order valence-corrected chi connectivity index (χ1v) is 10.3. The van der Waals surface area contributed by atoms with E-state index in [0.29, 0.717) is 30.2 Å². The van der Waals surface area contributed by atoms with Crippen LogP contribution < -0.4 is 5.32 Å². The second-order valence-electron chi connectivity index (χ2n) is 5.86. The SMILES string of the molecule is COCCCNc1oc(-c2ccccc2Cl)nc1S(=O)(=O)c1ccc(F)cc1. The maximum atomic E-state index is 13.2. The van der Waals surface area contributed by atoms with E-state index < -0.39 is 15.7 Å². The van der Waals surface area contributed by atoms with Crippen LogP contribution in [0.3, 0.4) is 0 Å². The third-order valence-electron chi connectivity index (χ3n) is 3.89.